The van der Waals surface area contributed by atoms with Crippen molar-refractivity contribution in [3.05, 3.63) is 46.8 Å². The molecule has 19 heavy (non-hydrogen) atoms. The second-order valence-electron chi connectivity index (χ2n) is 4.77. The topological polar surface area (TPSA) is 46.9 Å². The third-order valence-electron chi connectivity index (χ3n) is 3.56. The van der Waals surface area contributed by atoms with Gasteiger partial charge in [-0.15, -0.1) is 0 Å². The summed E-state index contributed by atoms with van der Waals surface area (Å²) in [5.41, 5.74) is 5.54. The fourth-order valence-electron chi connectivity index (χ4n) is 2.43. The molecule has 1 aliphatic heterocycles. The molecule has 0 saturated heterocycles. The number of benzene rings is 1. The van der Waals surface area contributed by atoms with Crippen molar-refractivity contribution in [2.45, 2.75) is 13.8 Å². The highest BCUT2D eigenvalue weighted by Gasteiger charge is 2.24. The van der Waals surface area contributed by atoms with Gasteiger partial charge in [0.05, 0.1) is 5.69 Å². The summed E-state index contributed by atoms with van der Waals surface area (Å²) in [6, 6.07) is 7.73. The Labute approximate surface area is 111 Å². The van der Waals surface area contributed by atoms with Crippen molar-refractivity contribution in [1.29, 1.82) is 0 Å². The van der Waals surface area contributed by atoms with Crippen LogP contribution in [-0.2, 0) is 11.8 Å². The monoisotopic (exact) mass is 253 g/mol. The summed E-state index contributed by atoms with van der Waals surface area (Å²) < 4.78 is 1.83. The Bertz CT molecular complexity index is 710. The van der Waals surface area contributed by atoms with E-state index < -0.39 is 0 Å². The second-order valence-corrected chi connectivity index (χ2v) is 4.77. The number of carbonyl (C=O) groups is 1. The summed E-state index contributed by atoms with van der Waals surface area (Å²) in [5, 5.41) is 7.25. The number of aryl methyl sites for hydroxylation is 2. The van der Waals surface area contributed by atoms with E-state index in [1.807, 2.05) is 55.9 Å². The lowest BCUT2D eigenvalue weighted by Crippen LogP contribution is -2.03. The minimum atomic E-state index is -0.0520. The first-order valence-corrected chi connectivity index (χ1v) is 6.20. The zero-order valence-corrected chi connectivity index (χ0v) is 11.2. The van der Waals surface area contributed by atoms with Crippen molar-refractivity contribution >= 4 is 23.2 Å². The molecule has 1 amide bonds. The smallest absolute Gasteiger partial charge is 0.256 e. The zero-order chi connectivity index (χ0) is 13.6. The molecule has 4 heteroatoms. The van der Waals surface area contributed by atoms with Crippen molar-refractivity contribution in [2.75, 3.05) is 5.32 Å². The highest BCUT2D eigenvalue weighted by Crippen LogP contribution is 2.33. The molecule has 0 atom stereocenters. The number of nitrogens with one attached hydrogen (secondary N) is 1. The molecule has 3 rings (SSSR count). The molecule has 2 aromatic rings. The van der Waals surface area contributed by atoms with Crippen LogP contribution in [0.2, 0.25) is 0 Å². The number of fused-ring (bicyclic) bond motifs is 1. The summed E-state index contributed by atoms with van der Waals surface area (Å²) >= 11 is 0. The summed E-state index contributed by atoms with van der Waals surface area (Å²) in [4.78, 5) is 12.1. The molecule has 0 saturated carbocycles. The van der Waals surface area contributed by atoms with Gasteiger partial charge in [0.2, 0.25) is 0 Å². The van der Waals surface area contributed by atoms with Crippen LogP contribution in [0.25, 0.3) is 11.6 Å². The average Bonchev–Trinajstić information content (AvgIpc) is 2.82. The van der Waals surface area contributed by atoms with Crippen LogP contribution >= 0.6 is 0 Å². The van der Waals surface area contributed by atoms with Crippen LogP contribution in [0.4, 0.5) is 5.69 Å². The number of carbonyl (C=O) groups excluding carboxylic acids is 1. The molecular weight excluding hydrogens is 238 g/mol. The number of amides is 1. The Morgan fingerprint density at radius 3 is 2.68 bits per heavy atom. The minimum Gasteiger partial charge on any atom is -0.321 e. The van der Waals surface area contributed by atoms with Crippen LogP contribution in [0, 0.1) is 13.8 Å². The molecule has 1 N–H and O–H groups in total. The average molecular weight is 253 g/mol. The molecule has 1 aromatic heterocycles. The first kappa shape index (κ1) is 11.7. The van der Waals surface area contributed by atoms with Crippen LogP contribution in [0.5, 0.6) is 0 Å². The quantitative estimate of drug-likeness (QED) is 0.794. The summed E-state index contributed by atoms with van der Waals surface area (Å²) in [5.74, 6) is -0.0520. The SMILES string of the molecule is Cc1nn(C)c(C)c1C=C1C(=O)Nc2ccccc21. The number of para-hydroxylation sites is 1. The van der Waals surface area contributed by atoms with Gasteiger partial charge in [-0.25, -0.2) is 0 Å². The van der Waals surface area contributed by atoms with Crippen molar-refractivity contribution in [1.82, 2.24) is 9.78 Å². The van der Waals surface area contributed by atoms with Gasteiger partial charge >= 0.3 is 0 Å². The van der Waals surface area contributed by atoms with Gasteiger partial charge in [0.15, 0.2) is 0 Å². The van der Waals surface area contributed by atoms with Crippen LogP contribution in [0.1, 0.15) is 22.5 Å². The molecule has 0 spiro atoms. The first-order valence-electron chi connectivity index (χ1n) is 6.20. The highest BCUT2D eigenvalue weighted by atomic mass is 16.2. The molecule has 0 bridgehead atoms. The first-order chi connectivity index (χ1) is 9.08. The van der Waals surface area contributed by atoms with E-state index in [1.54, 1.807) is 0 Å². The fraction of sp³-hybridized carbons (Fsp3) is 0.200. The zero-order valence-electron chi connectivity index (χ0n) is 11.2. The number of hydrogen-bond donors (Lipinski definition) is 1. The van der Waals surface area contributed by atoms with E-state index in [0.29, 0.717) is 5.57 Å². The Balaban J connectivity index is 2.17. The van der Waals surface area contributed by atoms with Crippen molar-refractivity contribution in [3.8, 4) is 0 Å². The molecule has 2 heterocycles. The third kappa shape index (κ3) is 1.76. The molecule has 4 nitrogen and oxygen atoms in total. The van der Waals surface area contributed by atoms with Crippen molar-refractivity contribution in [2.24, 2.45) is 7.05 Å². The minimum absolute atomic E-state index is 0.0520. The maximum Gasteiger partial charge on any atom is 0.256 e. The normalized spacial score (nSPS) is 15.7. The van der Waals surface area contributed by atoms with Gasteiger partial charge in [-0.05, 0) is 26.0 Å². The molecule has 0 aliphatic carbocycles. The Hall–Kier alpha value is -2.36. The van der Waals surface area contributed by atoms with E-state index in [9.17, 15) is 4.79 Å². The second kappa shape index (κ2) is 4.09. The number of hydrogen-bond acceptors (Lipinski definition) is 2. The number of nitrogens with zero attached hydrogens (tertiary/aromatic N) is 2. The summed E-state index contributed by atoms with van der Waals surface area (Å²) in [6.45, 7) is 3.96. The molecule has 0 unspecified atom stereocenters. The van der Waals surface area contributed by atoms with E-state index in [2.05, 4.69) is 10.4 Å². The molecular formula is C15H15N3O. The van der Waals surface area contributed by atoms with Gasteiger partial charge in [0.1, 0.15) is 0 Å². The van der Waals surface area contributed by atoms with Gasteiger partial charge in [-0.2, -0.15) is 5.10 Å². The van der Waals surface area contributed by atoms with Crippen LogP contribution in [-0.4, -0.2) is 15.7 Å². The predicted molar refractivity (Wildman–Crippen MR) is 75.6 cm³/mol. The maximum absolute atomic E-state index is 12.1. The Morgan fingerprint density at radius 1 is 1.26 bits per heavy atom. The van der Waals surface area contributed by atoms with E-state index in [0.717, 1.165) is 28.2 Å². The summed E-state index contributed by atoms with van der Waals surface area (Å²) in [6.07, 6.45) is 1.93. The largest absolute Gasteiger partial charge is 0.321 e. The molecule has 1 aliphatic rings. The van der Waals surface area contributed by atoms with Gasteiger partial charge < -0.3 is 5.32 Å². The number of rotatable bonds is 1. The fourth-order valence-corrected chi connectivity index (χ4v) is 2.43. The Morgan fingerprint density at radius 2 is 2.00 bits per heavy atom. The number of aromatic nitrogens is 2. The lowest BCUT2D eigenvalue weighted by molar-refractivity contribution is -0.110. The molecule has 1 aromatic carbocycles. The van der Waals surface area contributed by atoms with E-state index in [4.69, 9.17) is 0 Å². The third-order valence-corrected chi connectivity index (χ3v) is 3.56. The standard InChI is InChI=1S/C15H15N3O/c1-9-12(10(2)18(3)17-9)8-13-11-6-4-5-7-14(11)16-15(13)19/h4-8H,1-3H3,(H,16,19). The van der Waals surface area contributed by atoms with Gasteiger partial charge in [-0.3, -0.25) is 9.48 Å². The Kier molecular flexibility index (Phi) is 2.52. The lowest BCUT2D eigenvalue weighted by atomic mass is 10.0. The lowest BCUT2D eigenvalue weighted by Gasteiger charge is -1.99. The van der Waals surface area contributed by atoms with E-state index >= 15 is 0 Å². The van der Waals surface area contributed by atoms with Crippen LogP contribution in [0.15, 0.2) is 24.3 Å². The van der Waals surface area contributed by atoms with Crippen molar-refractivity contribution < 1.29 is 4.79 Å². The van der Waals surface area contributed by atoms with Crippen molar-refractivity contribution in [3.63, 3.8) is 0 Å². The van der Waals surface area contributed by atoms with E-state index in [1.165, 1.54) is 0 Å². The maximum atomic E-state index is 12.1. The van der Waals surface area contributed by atoms with Crippen LogP contribution < -0.4 is 5.32 Å². The molecule has 0 radical (unpaired) electrons. The predicted octanol–water partition coefficient (Wildman–Crippen LogP) is 2.53. The number of anilines is 1. The van der Waals surface area contributed by atoms with Gasteiger partial charge in [0, 0.05) is 35.1 Å². The highest BCUT2D eigenvalue weighted by molar-refractivity contribution is 6.34. The van der Waals surface area contributed by atoms with E-state index in [-0.39, 0.29) is 5.91 Å². The molecule has 96 valence electrons. The van der Waals surface area contributed by atoms with Gasteiger partial charge in [-0.1, -0.05) is 18.2 Å². The molecule has 0 fully saturated rings. The van der Waals surface area contributed by atoms with Crippen LogP contribution in [0.3, 0.4) is 0 Å². The summed E-state index contributed by atoms with van der Waals surface area (Å²) in [7, 11) is 1.91. The van der Waals surface area contributed by atoms with Gasteiger partial charge in [0.25, 0.3) is 5.91 Å².